The number of carbonyl (C=O) groups excluding carboxylic acids is 1. The molecule has 3 nitrogen and oxygen atoms in total. The monoisotopic (exact) mass is 255 g/mol. The highest BCUT2D eigenvalue weighted by Gasteiger charge is 2.01. The SMILES string of the molecule is CCOC(=O)/C=C/CSc1ccc(N)cc1F. The maximum atomic E-state index is 13.3. The summed E-state index contributed by atoms with van der Waals surface area (Å²) in [6.07, 6.45) is 2.98. The summed E-state index contributed by atoms with van der Waals surface area (Å²) in [7, 11) is 0. The number of hydrogen-bond donors (Lipinski definition) is 1. The summed E-state index contributed by atoms with van der Waals surface area (Å²) < 4.78 is 18.0. The lowest BCUT2D eigenvalue weighted by atomic mass is 10.3. The molecule has 0 bridgehead atoms. The van der Waals surface area contributed by atoms with Crippen molar-refractivity contribution >= 4 is 23.4 Å². The number of ether oxygens (including phenoxy) is 1. The molecule has 0 saturated heterocycles. The molecule has 1 aromatic carbocycles. The van der Waals surface area contributed by atoms with Crippen molar-refractivity contribution in [1.29, 1.82) is 0 Å². The Hall–Kier alpha value is -1.49. The van der Waals surface area contributed by atoms with E-state index >= 15 is 0 Å². The van der Waals surface area contributed by atoms with Gasteiger partial charge in [-0.05, 0) is 25.1 Å². The molecule has 0 aliphatic heterocycles. The van der Waals surface area contributed by atoms with Crippen LogP contribution in [0.2, 0.25) is 0 Å². The van der Waals surface area contributed by atoms with Gasteiger partial charge < -0.3 is 10.5 Å². The van der Waals surface area contributed by atoms with E-state index in [-0.39, 0.29) is 11.8 Å². The molecule has 0 aliphatic rings. The van der Waals surface area contributed by atoms with Crippen molar-refractivity contribution in [1.82, 2.24) is 0 Å². The molecule has 0 saturated carbocycles. The van der Waals surface area contributed by atoms with Gasteiger partial charge in [-0.2, -0.15) is 0 Å². The van der Waals surface area contributed by atoms with E-state index in [1.807, 2.05) is 0 Å². The standard InChI is InChI=1S/C12H14FNO2S/c1-2-16-12(15)4-3-7-17-11-6-5-9(14)8-10(11)13/h3-6,8H,2,7,14H2,1H3/b4-3+. The Bertz CT molecular complexity index is 421. The predicted octanol–water partition coefficient (Wildman–Crippen LogP) is 2.62. The Labute approximate surface area is 104 Å². The second-order valence-corrected chi connectivity index (χ2v) is 4.22. The lowest BCUT2D eigenvalue weighted by molar-refractivity contribution is -0.137. The van der Waals surface area contributed by atoms with Gasteiger partial charge in [0.05, 0.1) is 6.61 Å². The molecule has 0 radical (unpaired) electrons. The van der Waals surface area contributed by atoms with Gasteiger partial charge >= 0.3 is 5.97 Å². The molecular formula is C12H14FNO2S. The highest BCUT2D eigenvalue weighted by atomic mass is 32.2. The molecule has 5 heteroatoms. The van der Waals surface area contributed by atoms with Crippen molar-refractivity contribution in [3.8, 4) is 0 Å². The van der Waals surface area contributed by atoms with Crippen molar-refractivity contribution in [2.24, 2.45) is 0 Å². The third-order valence-electron chi connectivity index (χ3n) is 1.83. The van der Waals surface area contributed by atoms with Crippen LogP contribution in [0.3, 0.4) is 0 Å². The van der Waals surface area contributed by atoms with Gasteiger partial charge in [-0.1, -0.05) is 6.08 Å². The number of nitrogens with two attached hydrogens (primary N) is 1. The topological polar surface area (TPSA) is 52.3 Å². The molecule has 0 fully saturated rings. The molecule has 0 aliphatic carbocycles. The molecule has 17 heavy (non-hydrogen) atoms. The lowest BCUT2D eigenvalue weighted by Crippen LogP contribution is -1.98. The van der Waals surface area contributed by atoms with E-state index in [1.165, 1.54) is 23.9 Å². The van der Waals surface area contributed by atoms with Crippen LogP contribution in [0.15, 0.2) is 35.2 Å². The van der Waals surface area contributed by atoms with Gasteiger partial charge in [0.1, 0.15) is 5.82 Å². The molecular weight excluding hydrogens is 241 g/mol. The smallest absolute Gasteiger partial charge is 0.330 e. The average molecular weight is 255 g/mol. The number of anilines is 1. The average Bonchev–Trinajstić information content (AvgIpc) is 2.27. The first-order valence-electron chi connectivity index (χ1n) is 5.14. The number of thioether (sulfide) groups is 1. The summed E-state index contributed by atoms with van der Waals surface area (Å²) >= 11 is 1.29. The number of benzene rings is 1. The molecule has 0 amide bonds. The second kappa shape index (κ2) is 6.96. The van der Waals surface area contributed by atoms with Gasteiger partial charge in [0, 0.05) is 22.4 Å². The van der Waals surface area contributed by atoms with Gasteiger partial charge in [-0.3, -0.25) is 0 Å². The zero-order valence-electron chi connectivity index (χ0n) is 9.48. The van der Waals surface area contributed by atoms with E-state index in [9.17, 15) is 9.18 Å². The van der Waals surface area contributed by atoms with Crippen molar-refractivity contribution < 1.29 is 13.9 Å². The minimum absolute atomic E-state index is 0.348. The van der Waals surface area contributed by atoms with Crippen LogP contribution in [0.1, 0.15) is 6.92 Å². The molecule has 0 spiro atoms. The van der Waals surface area contributed by atoms with E-state index in [4.69, 9.17) is 10.5 Å². The molecule has 92 valence electrons. The summed E-state index contributed by atoms with van der Waals surface area (Å²) in [4.78, 5) is 11.5. The molecule has 1 aromatic rings. The molecule has 0 atom stereocenters. The van der Waals surface area contributed by atoms with Crippen molar-refractivity contribution in [2.45, 2.75) is 11.8 Å². The zero-order valence-corrected chi connectivity index (χ0v) is 10.3. The first-order chi connectivity index (χ1) is 8.13. The first kappa shape index (κ1) is 13.6. The van der Waals surface area contributed by atoms with E-state index in [2.05, 4.69) is 0 Å². The second-order valence-electron chi connectivity index (χ2n) is 3.16. The number of rotatable bonds is 5. The Balaban J connectivity index is 2.43. The fourth-order valence-electron chi connectivity index (χ4n) is 1.11. The van der Waals surface area contributed by atoms with Gasteiger partial charge in [0.2, 0.25) is 0 Å². The number of hydrogen-bond acceptors (Lipinski definition) is 4. The number of carbonyl (C=O) groups is 1. The fourth-order valence-corrected chi connectivity index (χ4v) is 1.84. The minimum atomic E-state index is -0.383. The van der Waals surface area contributed by atoms with Crippen molar-refractivity contribution in [3.05, 3.63) is 36.2 Å². The van der Waals surface area contributed by atoms with Gasteiger partial charge in [0.15, 0.2) is 0 Å². The van der Waals surface area contributed by atoms with Crippen molar-refractivity contribution in [2.75, 3.05) is 18.1 Å². The molecule has 1 rings (SSSR count). The number of nitrogen functional groups attached to an aromatic ring is 1. The molecule has 0 heterocycles. The van der Waals surface area contributed by atoms with Crippen LogP contribution in [0.4, 0.5) is 10.1 Å². The summed E-state index contributed by atoms with van der Waals surface area (Å²) in [6.45, 7) is 2.09. The van der Waals surface area contributed by atoms with Crippen LogP contribution in [-0.4, -0.2) is 18.3 Å². The van der Waals surface area contributed by atoms with E-state index < -0.39 is 0 Å². The maximum Gasteiger partial charge on any atom is 0.330 e. The maximum absolute atomic E-state index is 13.3. The molecule has 0 aromatic heterocycles. The van der Waals surface area contributed by atoms with Crippen LogP contribution in [0.25, 0.3) is 0 Å². The van der Waals surface area contributed by atoms with Crippen LogP contribution in [0, 0.1) is 5.82 Å². The van der Waals surface area contributed by atoms with E-state index in [0.29, 0.717) is 22.9 Å². The Kier molecular flexibility index (Phi) is 5.56. The summed E-state index contributed by atoms with van der Waals surface area (Å²) in [5.74, 6) is -0.231. The normalized spacial score (nSPS) is 10.7. The minimum Gasteiger partial charge on any atom is -0.463 e. The van der Waals surface area contributed by atoms with Crippen molar-refractivity contribution in [3.63, 3.8) is 0 Å². The van der Waals surface area contributed by atoms with E-state index in [1.54, 1.807) is 25.1 Å². The third kappa shape index (κ3) is 4.91. The molecule has 0 unspecified atom stereocenters. The molecule has 2 N–H and O–H groups in total. The predicted molar refractivity (Wildman–Crippen MR) is 67.3 cm³/mol. The van der Waals surface area contributed by atoms with E-state index in [0.717, 1.165) is 0 Å². The lowest BCUT2D eigenvalue weighted by Gasteiger charge is -2.01. The largest absolute Gasteiger partial charge is 0.463 e. The highest BCUT2D eigenvalue weighted by molar-refractivity contribution is 7.99. The van der Waals surface area contributed by atoms with Gasteiger partial charge in [-0.15, -0.1) is 11.8 Å². The quantitative estimate of drug-likeness (QED) is 0.380. The summed E-state index contributed by atoms with van der Waals surface area (Å²) in [6, 6.07) is 4.53. The van der Waals surface area contributed by atoms with Crippen LogP contribution in [0.5, 0.6) is 0 Å². The Morgan fingerprint density at radius 1 is 1.59 bits per heavy atom. The Morgan fingerprint density at radius 2 is 2.35 bits per heavy atom. The van der Waals surface area contributed by atoms with Crippen LogP contribution < -0.4 is 5.73 Å². The number of esters is 1. The third-order valence-corrected chi connectivity index (χ3v) is 2.83. The summed E-state index contributed by atoms with van der Waals surface area (Å²) in [5, 5.41) is 0. The van der Waals surface area contributed by atoms with Crippen LogP contribution in [-0.2, 0) is 9.53 Å². The van der Waals surface area contributed by atoms with Gasteiger partial charge in [0.25, 0.3) is 0 Å². The first-order valence-corrected chi connectivity index (χ1v) is 6.13. The van der Waals surface area contributed by atoms with Gasteiger partial charge in [-0.25, -0.2) is 9.18 Å². The number of halogens is 1. The fraction of sp³-hybridized carbons (Fsp3) is 0.250. The zero-order chi connectivity index (χ0) is 12.7. The Morgan fingerprint density at radius 3 is 3.00 bits per heavy atom. The summed E-state index contributed by atoms with van der Waals surface area (Å²) in [5.41, 5.74) is 5.83. The highest BCUT2D eigenvalue weighted by Crippen LogP contribution is 2.23. The van der Waals surface area contributed by atoms with Crippen LogP contribution >= 0.6 is 11.8 Å².